The third kappa shape index (κ3) is 3.07. The van der Waals surface area contributed by atoms with E-state index in [1.54, 1.807) is 0 Å². The molecule has 2 nitrogen and oxygen atoms in total. The van der Waals surface area contributed by atoms with E-state index in [-0.39, 0.29) is 0 Å². The van der Waals surface area contributed by atoms with Gasteiger partial charge in [-0.25, -0.2) is 0 Å². The average molecular weight is 216 g/mol. The van der Waals surface area contributed by atoms with Crippen LogP contribution in [0, 0.1) is 0 Å². The monoisotopic (exact) mass is 216 g/mol. The summed E-state index contributed by atoms with van der Waals surface area (Å²) < 4.78 is 11.4. The molecule has 84 valence electrons. The van der Waals surface area contributed by atoms with Gasteiger partial charge < -0.3 is 9.16 Å². The van der Waals surface area contributed by atoms with Crippen molar-refractivity contribution >= 4 is 8.32 Å². The van der Waals surface area contributed by atoms with Gasteiger partial charge in [0, 0.05) is 13.2 Å². The Morgan fingerprint density at radius 3 is 2.29 bits per heavy atom. The highest BCUT2D eigenvalue weighted by atomic mass is 28.4. The first-order valence-electron chi connectivity index (χ1n) is 5.58. The first-order valence-corrected chi connectivity index (χ1v) is 8.49. The zero-order chi connectivity index (χ0) is 10.8. The van der Waals surface area contributed by atoms with Crippen LogP contribution in [0.5, 0.6) is 0 Å². The Morgan fingerprint density at radius 1 is 1.36 bits per heavy atom. The SMILES string of the molecule is CC(C)(C)[Si](C)(C)OCCC1CCO1. The van der Waals surface area contributed by atoms with E-state index in [1.807, 2.05) is 0 Å². The van der Waals surface area contributed by atoms with Gasteiger partial charge in [-0.2, -0.15) is 0 Å². The van der Waals surface area contributed by atoms with Crippen molar-refractivity contribution in [2.75, 3.05) is 13.2 Å². The second kappa shape index (κ2) is 4.33. The quantitative estimate of drug-likeness (QED) is 0.672. The van der Waals surface area contributed by atoms with Gasteiger partial charge in [0.2, 0.25) is 0 Å². The maximum absolute atomic E-state index is 6.06. The lowest BCUT2D eigenvalue weighted by Crippen LogP contribution is -2.41. The van der Waals surface area contributed by atoms with Crippen molar-refractivity contribution in [3.05, 3.63) is 0 Å². The van der Waals surface area contributed by atoms with E-state index in [9.17, 15) is 0 Å². The van der Waals surface area contributed by atoms with Crippen molar-refractivity contribution in [1.82, 2.24) is 0 Å². The lowest BCUT2D eigenvalue weighted by atomic mass is 10.1. The summed E-state index contributed by atoms with van der Waals surface area (Å²) in [6.45, 7) is 13.3. The maximum atomic E-state index is 6.06. The van der Waals surface area contributed by atoms with Crippen molar-refractivity contribution in [3.63, 3.8) is 0 Å². The van der Waals surface area contributed by atoms with E-state index in [4.69, 9.17) is 9.16 Å². The molecule has 0 radical (unpaired) electrons. The van der Waals surface area contributed by atoms with Crippen molar-refractivity contribution in [2.45, 2.75) is 57.8 Å². The molecule has 1 heterocycles. The van der Waals surface area contributed by atoms with Crippen molar-refractivity contribution in [3.8, 4) is 0 Å². The molecule has 1 aliphatic heterocycles. The summed E-state index contributed by atoms with van der Waals surface area (Å²) in [6, 6.07) is 0. The Labute approximate surface area is 89.1 Å². The maximum Gasteiger partial charge on any atom is 0.191 e. The Balaban J connectivity index is 2.21. The summed E-state index contributed by atoms with van der Waals surface area (Å²) in [5, 5.41) is 0.327. The van der Waals surface area contributed by atoms with Crippen LogP contribution in [0.3, 0.4) is 0 Å². The van der Waals surface area contributed by atoms with Crippen LogP contribution in [0.15, 0.2) is 0 Å². The summed E-state index contributed by atoms with van der Waals surface area (Å²) in [5.41, 5.74) is 0. The molecular weight excluding hydrogens is 192 g/mol. The van der Waals surface area contributed by atoms with E-state index in [0.717, 1.165) is 19.6 Å². The van der Waals surface area contributed by atoms with Crippen LogP contribution in [0.25, 0.3) is 0 Å². The van der Waals surface area contributed by atoms with Gasteiger partial charge in [-0.15, -0.1) is 0 Å². The standard InChI is InChI=1S/C11H24O2Si/c1-11(2,3)14(4,5)13-9-7-10-6-8-12-10/h10H,6-9H2,1-5H3. The van der Waals surface area contributed by atoms with Crippen molar-refractivity contribution < 1.29 is 9.16 Å². The van der Waals surface area contributed by atoms with E-state index in [2.05, 4.69) is 33.9 Å². The third-order valence-electron chi connectivity index (χ3n) is 3.50. The lowest BCUT2D eigenvalue weighted by molar-refractivity contribution is -0.0602. The van der Waals surface area contributed by atoms with Gasteiger partial charge in [0.1, 0.15) is 0 Å². The number of rotatable bonds is 4. The van der Waals surface area contributed by atoms with E-state index in [1.165, 1.54) is 6.42 Å². The van der Waals surface area contributed by atoms with Gasteiger partial charge in [0.05, 0.1) is 6.10 Å². The lowest BCUT2D eigenvalue weighted by Gasteiger charge is -2.37. The van der Waals surface area contributed by atoms with Gasteiger partial charge in [-0.3, -0.25) is 0 Å². The summed E-state index contributed by atoms with van der Waals surface area (Å²) in [5.74, 6) is 0. The van der Waals surface area contributed by atoms with E-state index >= 15 is 0 Å². The Bertz CT molecular complexity index is 180. The molecular formula is C11H24O2Si. The average Bonchev–Trinajstić information content (AvgIpc) is 1.92. The van der Waals surface area contributed by atoms with Gasteiger partial charge in [-0.1, -0.05) is 20.8 Å². The first-order chi connectivity index (χ1) is 6.33. The van der Waals surface area contributed by atoms with Crippen LogP contribution in [-0.4, -0.2) is 27.6 Å². The molecule has 3 heteroatoms. The van der Waals surface area contributed by atoms with Gasteiger partial charge >= 0.3 is 0 Å². The summed E-state index contributed by atoms with van der Waals surface area (Å²) in [4.78, 5) is 0. The molecule has 0 aliphatic carbocycles. The van der Waals surface area contributed by atoms with Crippen LogP contribution >= 0.6 is 0 Å². The van der Waals surface area contributed by atoms with Crippen LogP contribution in [0.2, 0.25) is 18.1 Å². The highest BCUT2D eigenvalue weighted by molar-refractivity contribution is 6.74. The molecule has 0 amide bonds. The third-order valence-corrected chi connectivity index (χ3v) is 8.04. The molecule has 0 spiro atoms. The Kier molecular flexibility index (Phi) is 3.78. The normalized spacial score (nSPS) is 23.4. The fourth-order valence-corrected chi connectivity index (χ4v) is 2.24. The zero-order valence-electron chi connectivity index (χ0n) is 10.2. The molecule has 1 rings (SSSR count). The molecule has 0 saturated carbocycles. The smallest absolute Gasteiger partial charge is 0.191 e. The first kappa shape index (κ1) is 12.2. The molecule has 1 unspecified atom stereocenters. The fourth-order valence-electron chi connectivity index (χ4n) is 1.17. The minimum Gasteiger partial charge on any atom is -0.417 e. The van der Waals surface area contributed by atoms with Crippen LogP contribution in [0.1, 0.15) is 33.6 Å². The van der Waals surface area contributed by atoms with Gasteiger partial charge in [-0.05, 0) is 31.0 Å². The second-order valence-electron chi connectivity index (χ2n) is 5.68. The molecule has 14 heavy (non-hydrogen) atoms. The zero-order valence-corrected chi connectivity index (χ0v) is 11.2. The highest BCUT2D eigenvalue weighted by Crippen LogP contribution is 2.36. The van der Waals surface area contributed by atoms with Gasteiger partial charge in [0.15, 0.2) is 8.32 Å². The largest absolute Gasteiger partial charge is 0.417 e. The van der Waals surface area contributed by atoms with Crippen molar-refractivity contribution in [2.24, 2.45) is 0 Å². The van der Waals surface area contributed by atoms with E-state index in [0.29, 0.717) is 11.1 Å². The summed E-state index contributed by atoms with van der Waals surface area (Å²) in [7, 11) is -1.52. The molecule has 1 atom stereocenters. The molecule has 1 saturated heterocycles. The molecule has 1 fully saturated rings. The van der Waals surface area contributed by atoms with Gasteiger partial charge in [0.25, 0.3) is 0 Å². The molecule has 0 aromatic heterocycles. The number of hydrogen-bond acceptors (Lipinski definition) is 2. The van der Waals surface area contributed by atoms with Crippen LogP contribution in [0.4, 0.5) is 0 Å². The predicted octanol–water partition coefficient (Wildman–Crippen LogP) is 3.19. The minimum absolute atomic E-state index is 0.327. The second-order valence-corrected chi connectivity index (χ2v) is 10.5. The predicted molar refractivity (Wildman–Crippen MR) is 62.1 cm³/mol. The Morgan fingerprint density at radius 2 is 1.93 bits per heavy atom. The topological polar surface area (TPSA) is 18.5 Å². The molecule has 0 aromatic rings. The fraction of sp³-hybridized carbons (Fsp3) is 1.00. The number of hydrogen-bond donors (Lipinski definition) is 0. The minimum atomic E-state index is -1.52. The van der Waals surface area contributed by atoms with Crippen LogP contribution in [-0.2, 0) is 9.16 Å². The van der Waals surface area contributed by atoms with Crippen LogP contribution < -0.4 is 0 Å². The molecule has 0 aromatic carbocycles. The summed E-state index contributed by atoms with van der Waals surface area (Å²) in [6.07, 6.45) is 2.78. The molecule has 1 aliphatic rings. The Hall–Kier alpha value is 0.137. The molecule has 0 N–H and O–H groups in total. The highest BCUT2D eigenvalue weighted by Gasteiger charge is 2.37. The van der Waals surface area contributed by atoms with Crippen molar-refractivity contribution in [1.29, 1.82) is 0 Å². The summed E-state index contributed by atoms with van der Waals surface area (Å²) >= 11 is 0. The molecule has 0 bridgehead atoms. The van der Waals surface area contributed by atoms with E-state index < -0.39 is 8.32 Å². The number of ether oxygens (including phenoxy) is 1.